The van der Waals surface area contributed by atoms with Gasteiger partial charge in [-0.05, 0) is 24.6 Å². The standard InChI is InChI=1S/C19H22N2O/c1-3-13-21(14-17-7-5-4-6-8-17)15-19(22)20-18-11-9-16(2)10-12-18/h3-12H,1,13-15H2,2H3,(H,20,22). The molecule has 0 aliphatic rings. The number of benzene rings is 2. The van der Waals surface area contributed by atoms with Crippen molar-refractivity contribution < 1.29 is 4.79 Å². The molecule has 0 atom stereocenters. The zero-order valence-electron chi connectivity index (χ0n) is 13.0. The number of amides is 1. The van der Waals surface area contributed by atoms with Gasteiger partial charge < -0.3 is 5.32 Å². The summed E-state index contributed by atoms with van der Waals surface area (Å²) in [5, 5.41) is 2.93. The van der Waals surface area contributed by atoms with E-state index < -0.39 is 0 Å². The highest BCUT2D eigenvalue weighted by molar-refractivity contribution is 5.92. The Balaban J connectivity index is 1.93. The summed E-state index contributed by atoms with van der Waals surface area (Å²) in [6, 6.07) is 17.9. The number of nitrogens with one attached hydrogen (secondary N) is 1. The summed E-state index contributed by atoms with van der Waals surface area (Å²) < 4.78 is 0. The third-order valence-electron chi connectivity index (χ3n) is 3.34. The zero-order chi connectivity index (χ0) is 15.8. The van der Waals surface area contributed by atoms with E-state index in [0.717, 1.165) is 12.2 Å². The van der Waals surface area contributed by atoms with Crippen LogP contribution in [0.1, 0.15) is 11.1 Å². The first-order chi connectivity index (χ1) is 10.7. The van der Waals surface area contributed by atoms with Crippen LogP contribution in [0.4, 0.5) is 5.69 Å². The molecule has 3 nitrogen and oxygen atoms in total. The maximum absolute atomic E-state index is 12.2. The van der Waals surface area contributed by atoms with Crippen LogP contribution in [0.3, 0.4) is 0 Å². The molecule has 0 heterocycles. The van der Waals surface area contributed by atoms with Crippen LogP contribution in [0, 0.1) is 6.92 Å². The van der Waals surface area contributed by atoms with Crippen molar-refractivity contribution >= 4 is 11.6 Å². The Morgan fingerprint density at radius 3 is 2.45 bits per heavy atom. The molecular weight excluding hydrogens is 272 g/mol. The molecule has 0 fully saturated rings. The lowest BCUT2D eigenvalue weighted by Gasteiger charge is -2.20. The minimum Gasteiger partial charge on any atom is -0.325 e. The summed E-state index contributed by atoms with van der Waals surface area (Å²) in [6.45, 7) is 7.54. The molecule has 3 heteroatoms. The Morgan fingerprint density at radius 2 is 1.82 bits per heavy atom. The summed E-state index contributed by atoms with van der Waals surface area (Å²) in [5.41, 5.74) is 3.19. The second-order valence-corrected chi connectivity index (χ2v) is 5.36. The Kier molecular flexibility index (Phi) is 5.92. The minimum absolute atomic E-state index is 0.0124. The largest absolute Gasteiger partial charge is 0.325 e. The molecule has 1 N–H and O–H groups in total. The second kappa shape index (κ2) is 8.15. The Hall–Kier alpha value is -2.39. The molecule has 0 aromatic heterocycles. The van der Waals surface area contributed by atoms with E-state index in [1.165, 1.54) is 11.1 Å². The van der Waals surface area contributed by atoms with Crippen LogP contribution < -0.4 is 5.32 Å². The van der Waals surface area contributed by atoms with Crippen molar-refractivity contribution in [2.75, 3.05) is 18.4 Å². The van der Waals surface area contributed by atoms with E-state index in [1.54, 1.807) is 0 Å². The second-order valence-electron chi connectivity index (χ2n) is 5.36. The van der Waals surface area contributed by atoms with Crippen molar-refractivity contribution in [3.05, 3.63) is 78.4 Å². The normalized spacial score (nSPS) is 10.5. The minimum atomic E-state index is -0.0124. The Morgan fingerprint density at radius 1 is 1.14 bits per heavy atom. The number of hydrogen-bond donors (Lipinski definition) is 1. The first-order valence-corrected chi connectivity index (χ1v) is 7.41. The van der Waals surface area contributed by atoms with E-state index in [9.17, 15) is 4.79 Å². The Bertz CT molecular complexity index is 605. The highest BCUT2D eigenvalue weighted by atomic mass is 16.2. The summed E-state index contributed by atoms with van der Waals surface area (Å²) in [7, 11) is 0. The van der Waals surface area contributed by atoms with E-state index >= 15 is 0 Å². The molecule has 0 bridgehead atoms. The number of hydrogen-bond acceptors (Lipinski definition) is 2. The van der Waals surface area contributed by atoms with Gasteiger partial charge in [0.15, 0.2) is 0 Å². The van der Waals surface area contributed by atoms with Gasteiger partial charge in [-0.2, -0.15) is 0 Å². The van der Waals surface area contributed by atoms with Crippen LogP contribution in [0.15, 0.2) is 67.3 Å². The van der Waals surface area contributed by atoms with Gasteiger partial charge in [0.1, 0.15) is 0 Å². The molecule has 0 spiro atoms. The average molecular weight is 294 g/mol. The number of rotatable bonds is 7. The fourth-order valence-electron chi connectivity index (χ4n) is 2.25. The molecule has 0 radical (unpaired) electrons. The van der Waals surface area contributed by atoms with Gasteiger partial charge in [0.25, 0.3) is 0 Å². The van der Waals surface area contributed by atoms with Gasteiger partial charge in [-0.25, -0.2) is 0 Å². The van der Waals surface area contributed by atoms with Gasteiger partial charge in [-0.1, -0.05) is 54.1 Å². The third-order valence-corrected chi connectivity index (χ3v) is 3.34. The van der Waals surface area contributed by atoms with Gasteiger partial charge in [0.2, 0.25) is 5.91 Å². The summed E-state index contributed by atoms with van der Waals surface area (Å²) in [4.78, 5) is 14.2. The fraction of sp³-hybridized carbons (Fsp3) is 0.211. The molecule has 0 aliphatic carbocycles. The lowest BCUT2D eigenvalue weighted by atomic mass is 10.2. The number of carbonyl (C=O) groups is 1. The van der Waals surface area contributed by atoms with Crippen molar-refractivity contribution in [2.24, 2.45) is 0 Å². The first kappa shape index (κ1) is 16.0. The molecule has 0 unspecified atom stereocenters. The summed E-state index contributed by atoms with van der Waals surface area (Å²) in [6.07, 6.45) is 1.82. The molecule has 2 aromatic carbocycles. The smallest absolute Gasteiger partial charge is 0.238 e. The van der Waals surface area contributed by atoms with Crippen molar-refractivity contribution in [1.29, 1.82) is 0 Å². The van der Waals surface area contributed by atoms with Crippen LogP contribution in [-0.2, 0) is 11.3 Å². The average Bonchev–Trinajstić information content (AvgIpc) is 2.51. The van der Waals surface area contributed by atoms with Crippen molar-refractivity contribution in [3.63, 3.8) is 0 Å². The summed E-state index contributed by atoms with van der Waals surface area (Å²) in [5.74, 6) is -0.0124. The molecule has 0 saturated heterocycles. The monoisotopic (exact) mass is 294 g/mol. The SMILES string of the molecule is C=CCN(CC(=O)Nc1ccc(C)cc1)Cc1ccccc1. The number of anilines is 1. The lowest BCUT2D eigenvalue weighted by Crippen LogP contribution is -2.33. The van der Waals surface area contributed by atoms with Crippen LogP contribution in [0.2, 0.25) is 0 Å². The van der Waals surface area contributed by atoms with Crippen molar-refractivity contribution in [2.45, 2.75) is 13.5 Å². The molecular formula is C19H22N2O. The highest BCUT2D eigenvalue weighted by Crippen LogP contribution is 2.09. The molecule has 2 aromatic rings. The molecule has 0 aliphatic heterocycles. The van der Waals surface area contributed by atoms with E-state index in [4.69, 9.17) is 0 Å². The molecule has 2 rings (SSSR count). The summed E-state index contributed by atoms with van der Waals surface area (Å²) >= 11 is 0. The van der Waals surface area contributed by atoms with Gasteiger partial charge in [-0.3, -0.25) is 9.69 Å². The van der Waals surface area contributed by atoms with Gasteiger partial charge in [-0.15, -0.1) is 6.58 Å². The maximum Gasteiger partial charge on any atom is 0.238 e. The molecule has 22 heavy (non-hydrogen) atoms. The fourth-order valence-corrected chi connectivity index (χ4v) is 2.25. The van der Waals surface area contributed by atoms with Crippen molar-refractivity contribution in [3.8, 4) is 0 Å². The highest BCUT2D eigenvalue weighted by Gasteiger charge is 2.10. The first-order valence-electron chi connectivity index (χ1n) is 7.41. The predicted octanol–water partition coefficient (Wildman–Crippen LogP) is 3.62. The van der Waals surface area contributed by atoms with Gasteiger partial charge in [0, 0.05) is 18.8 Å². The zero-order valence-corrected chi connectivity index (χ0v) is 13.0. The van der Waals surface area contributed by atoms with E-state index in [2.05, 4.69) is 28.9 Å². The third kappa shape index (κ3) is 5.19. The van der Waals surface area contributed by atoms with Gasteiger partial charge >= 0.3 is 0 Å². The van der Waals surface area contributed by atoms with E-state index in [-0.39, 0.29) is 5.91 Å². The predicted molar refractivity (Wildman–Crippen MR) is 91.7 cm³/mol. The molecule has 0 saturated carbocycles. The lowest BCUT2D eigenvalue weighted by molar-refractivity contribution is -0.117. The van der Waals surface area contributed by atoms with E-state index in [0.29, 0.717) is 13.1 Å². The molecule has 1 amide bonds. The van der Waals surface area contributed by atoms with Crippen LogP contribution in [-0.4, -0.2) is 23.9 Å². The number of nitrogens with zero attached hydrogens (tertiary/aromatic N) is 1. The van der Waals surface area contributed by atoms with Gasteiger partial charge in [0.05, 0.1) is 6.54 Å². The topological polar surface area (TPSA) is 32.3 Å². The number of carbonyl (C=O) groups excluding carboxylic acids is 1. The van der Waals surface area contributed by atoms with Crippen molar-refractivity contribution in [1.82, 2.24) is 4.90 Å². The molecule has 114 valence electrons. The van der Waals surface area contributed by atoms with E-state index in [1.807, 2.05) is 55.5 Å². The van der Waals surface area contributed by atoms with Crippen LogP contribution in [0.5, 0.6) is 0 Å². The maximum atomic E-state index is 12.2. The Labute approximate surface area is 132 Å². The number of aryl methyl sites for hydroxylation is 1. The van der Waals surface area contributed by atoms with Crippen LogP contribution in [0.25, 0.3) is 0 Å². The van der Waals surface area contributed by atoms with Crippen LogP contribution >= 0.6 is 0 Å². The quantitative estimate of drug-likeness (QED) is 0.791.